The van der Waals surface area contributed by atoms with Gasteiger partial charge in [0.15, 0.2) is 5.58 Å². The first kappa shape index (κ1) is 16.1. The van der Waals surface area contributed by atoms with Crippen LogP contribution in [0, 0.1) is 0 Å². The largest absolute Gasteiger partial charge is 0.444 e. The fourth-order valence-electron chi connectivity index (χ4n) is 2.51. The highest BCUT2D eigenvalue weighted by Crippen LogP contribution is 2.24. The minimum Gasteiger partial charge on any atom is -0.444 e. The number of hydrogen-bond donors (Lipinski definition) is 1. The van der Waals surface area contributed by atoms with Gasteiger partial charge >= 0.3 is 6.09 Å². The summed E-state index contributed by atoms with van der Waals surface area (Å²) in [5, 5.41) is 3.25. The van der Waals surface area contributed by atoms with Crippen molar-refractivity contribution in [3.8, 4) is 0 Å². The zero-order chi connectivity index (χ0) is 16.6. The highest BCUT2D eigenvalue weighted by atomic mass is 79.9. The van der Waals surface area contributed by atoms with Gasteiger partial charge in [-0.05, 0) is 45.4 Å². The minimum absolute atomic E-state index is 0.110. The summed E-state index contributed by atoms with van der Waals surface area (Å²) < 4.78 is 12.0. The van der Waals surface area contributed by atoms with Crippen LogP contribution >= 0.6 is 15.9 Å². The van der Waals surface area contributed by atoms with Gasteiger partial charge in [0.25, 0.3) is 6.01 Å². The summed E-state index contributed by atoms with van der Waals surface area (Å²) in [5.74, 6) is 0. The molecule has 124 valence electrons. The molecule has 0 radical (unpaired) electrons. The number of carbonyl (C=O) groups excluding carboxylic acids is 1. The first-order valence-electron chi connectivity index (χ1n) is 7.61. The van der Waals surface area contributed by atoms with Crippen LogP contribution in [-0.4, -0.2) is 40.7 Å². The average Bonchev–Trinajstić information content (AvgIpc) is 3.03. The molecule has 1 aliphatic heterocycles. The number of oxazole rings is 1. The molecule has 0 unspecified atom stereocenters. The number of likely N-dealkylation sites (tertiary alicyclic amines) is 1. The Labute approximate surface area is 143 Å². The number of nitrogens with one attached hydrogen (secondary N) is 1. The number of carbonyl (C=O) groups is 1. The van der Waals surface area contributed by atoms with Crippen LogP contribution in [0.4, 0.5) is 10.8 Å². The van der Waals surface area contributed by atoms with E-state index in [1.807, 2.05) is 39.0 Å². The molecule has 3 rings (SSSR count). The summed E-state index contributed by atoms with van der Waals surface area (Å²) >= 11 is 3.42. The molecule has 0 bridgehead atoms. The van der Waals surface area contributed by atoms with Gasteiger partial charge in [-0.3, -0.25) is 0 Å². The number of fused-ring (bicyclic) bond motifs is 1. The molecule has 1 amide bonds. The molecule has 1 atom stereocenters. The standard InChI is InChI=1S/C16H20BrN3O3/c1-16(2,3)23-15(21)20-7-6-11(9-20)18-14-19-12-8-10(17)4-5-13(12)22-14/h4-5,8,11H,6-7,9H2,1-3H3,(H,18,19)/t11-/m1/s1. The maximum absolute atomic E-state index is 12.1. The number of hydrogen-bond acceptors (Lipinski definition) is 5. The number of nitrogens with zero attached hydrogens (tertiary/aromatic N) is 2. The van der Waals surface area contributed by atoms with Crippen molar-refractivity contribution in [3.05, 3.63) is 22.7 Å². The molecule has 0 spiro atoms. The van der Waals surface area contributed by atoms with Crippen LogP contribution in [0.2, 0.25) is 0 Å². The Morgan fingerprint density at radius 1 is 1.48 bits per heavy atom. The first-order valence-corrected chi connectivity index (χ1v) is 8.40. The Morgan fingerprint density at radius 2 is 2.26 bits per heavy atom. The monoisotopic (exact) mass is 381 g/mol. The third-order valence-electron chi connectivity index (χ3n) is 3.52. The van der Waals surface area contributed by atoms with Crippen LogP contribution in [0.5, 0.6) is 0 Å². The number of ether oxygens (including phenoxy) is 1. The number of amides is 1. The number of halogens is 1. The van der Waals surface area contributed by atoms with Crippen LogP contribution in [0.1, 0.15) is 27.2 Å². The number of aromatic nitrogens is 1. The number of rotatable bonds is 2. The summed E-state index contributed by atoms with van der Waals surface area (Å²) in [4.78, 5) is 18.2. The van der Waals surface area contributed by atoms with Crippen LogP contribution in [0.3, 0.4) is 0 Å². The Hall–Kier alpha value is -1.76. The van der Waals surface area contributed by atoms with E-state index in [9.17, 15) is 4.79 Å². The van der Waals surface area contributed by atoms with E-state index in [2.05, 4.69) is 26.2 Å². The van der Waals surface area contributed by atoms with Crippen LogP contribution < -0.4 is 5.32 Å². The van der Waals surface area contributed by atoms with Crippen LogP contribution in [0.15, 0.2) is 27.1 Å². The Balaban J connectivity index is 1.61. The van der Waals surface area contributed by atoms with E-state index in [1.54, 1.807) is 4.90 Å². The molecule has 2 heterocycles. The lowest BCUT2D eigenvalue weighted by Crippen LogP contribution is -2.36. The van der Waals surface area contributed by atoms with Crippen molar-refractivity contribution in [2.75, 3.05) is 18.4 Å². The Morgan fingerprint density at radius 3 is 3.00 bits per heavy atom. The van der Waals surface area contributed by atoms with Gasteiger partial charge in [0.2, 0.25) is 0 Å². The lowest BCUT2D eigenvalue weighted by molar-refractivity contribution is 0.0293. The molecule has 1 fully saturated rings. The van der Waals surface area contributed by atoms with Crippen molar-refractivity contribution < 1.29 is 13.9 Å². The topological polar surface area (TPSA) is 67.6 Å². The van der Waals surface area contributed by atoms with Gasteiger partial charge < -0.3 is 19.4 Å². The molecule has 0 aliphatic carbocycles. The fraction of sp³-hybridized carbons (Fsp3) is 0.500. The highest BCUT2D eigenvalue weighted by molar-refractivity contribution is 9.10. The summed E-state index contributed by atoms with van der Waals surface area (Å²) in [6, 6.07) is 6.29. The van der Waals surface area contributed by atoms with E-state index in [0.717, 1.165) is 22.0 Å². The van der Waals surface area contributed by atoms with Gasteiger partial charge in [-0.25, -0.2) is 4.79 Å². The zero-order valence-corrected chi connectivity index (χ0v) is 15.0. The molecule has 2 aromatic rings. The molecule has 1 saturated heterocycles. The third kappa shape index (κ3) is 3.96. The zero-order valence-electron chi connectivity index (χ0n) is 13.4. The van der Waals surface area contributed by atoms with E-state index in [0.29, 0.717) is 19.1 Å². The van der Waals surface area contributed by atoms with Crippen LogP contribution in [0.25, 0.3) is 11.1 Å². The van der Waals surface area contributed by atoms with Gasteiger partial charge in [-0.1, -0.05) is 15.9 Å². The molecule has 23 heavy (non-hydrogen) atoms. The fourth-order valence-corrected chi connectivity index (χ4v) is 2.86. The second kappa shape index (κ2) is 6.03. The second-order valence-electron chi connectivity index (χ2n) is 6.69. The molecule has 1 N–H and O–H groups in total. The van der Waals surface area contributed by atoms with E-state index < -0.39 is 5.60 Å². The van der Waals surface area contributed by atoms with Gasteiger partial charge in [0.05, 0.1) is 0 Å². The smallest absolute Gasteiger partial charge is 0.410 e. The van der Waals surface area contributed by atoms with Crippen molar-refractivity contribution in [1.29, 1.82) is 0 Å². The molecule has 0 saturated carbocycles. The molecule has 1 aromatic carbocycles. The van der Waals surface area contributed by atoms with Gasteiger partial charge in [0.1, 0.15) is 11.1 Å². The van der Waals surface area contributed by atoms with E-state index in [4.69, 9.17) is 9.15 Å². The predicted octanol–water partition coefficient (Wildman–Crippen LogP) is 4.01. The van der Waals surface area contributed by atoms with Crippen molar-refractivity contribution in [3.63, 3.8) is 0 Å². The normalized spacial score (nSPS) is 18.4. The molecule has 6 nitrogen and oxygen atoms in total. The quantitative estimate of drug-likeness (QED) is 0.850. The number of benzene rings is 1. The maximum Gasteiger partial charge on any atom is 0.410 e. The Bertz CT molecular complexity index is 723. The molecule has 7 heteroatoms. The maximum atomic E-state index is 12.1. The molecular weight excluding hydrogens is 362 g/mol. The van der Waals surface area contributed by atoms with Gasteiger partial charge in [0, 0.05) is 23.6 Å². The first-order chi connectivity index (χ1) is 10.8. The predicted molar refractivity (Wildman–Crippen MR) is 91.5 cm³/mol. The Kier molecular flexibility index (Phi) is 4.23. The summed E-state index contributed by atoms with van der Waals surface area (Å²) in [6.45, 7) is 6.85. The average molecular weight is 382 g/mol. The van der Waals surface area contributed by atoms with Crippen molar-refractivity contribution in [2.45, 2.75) is 38.8 Å². The van der Waals surface area contributed by atoms with E-state index >= 15 is 0 Å². The lowest BCUT2D eigenvalue weighted by atomic mass is 10.2. The summed E-state index contributed by atoms with van der Waals surface area (Å²) in [6.07, 6.45) is 0.560. The molecule has 1 aromatic heterocycles. The van der Waals surface area contributed by atoms with Crippen LogP contribution in [-0.2, 0) is 4.74 Å². The second-order valence-corrected chi connectivity index (χ2v) is 7.60. The van der Waals surface area contributed by atoms with Crippen molar-refractivity contribution >= 4 is 39.1 Å². The molecular formula is C16H20BrN3O3. The lowest BCUT2D eigenvalue weighted by Gasteiger charge is -2.24. The van der Waals surface area contributed by atoms with Gasteiger partial charge in [-0.2, -0.15) is 4.98 Å². The third-order valence-corrected chi connectivity index (χ3v) is 4.01. The van der Waals surface area contributed by atoms with Gasteiger partial charge in [-0.15, -0.1) is 0 Å². The highest BCUT2D eigenvalue weighted by Gasteiger charge is 2.30. The summed E-state index contributed by atoms with van der Waals surface area (Å²) in [5.41, 5.74) is 1.05. The number of anilines is 1. The minimum atomic E-state index is -0.476. The van der Waals surface area contributed by atoms with E-state index in [1.165, 1.54) is 0 Å². The molecule has 1 aliphatic rings. The van der Waals surface area contributed by atoms with Crippen molar-refractivity contribution in [2.24, 2.45) is 0 Å². The SMILES string of the molecule is CC(C)(C)OC(=O)N1CC[C@@H](Nc2nc3cc(Br)ccc3o2)C1. The summed E-state index contributed by atoms with van der Waals surface area (Å²) in [7, 11) is 0. The van der Waals surface area contributed by atoms with Crippen molar-refractivity contribution in [1.82, 2.24) is 9.88 Å². The van der Waals surface area contributed by atoms with E-state index in [-0.39, 0.29) is 12.1 Å².